The largest absolute Gasteiger partial charge is 0.377 e. The van der Waals surface area contributed by atoms with Crippen molar-refractivity contribution in [2.75, 3.05) is 19.7 Å². The van der Waals surface area contributed by atoms with Crippen molar-refractivity contribution in [3.8, 4) is 0 Å². The first-order valence-electron chi connectivity index (χ1n) is 9.64. The number of amides is 1. The summed E-state index contributed by atoms with van der Waals surface area (Å²) in [5.41, 5.74) is 1.37. The SMILES string of the molecule is CCN(Cc1cccc(Cl)c1)C(=O)c1ccc(S(=O)(=O)NCC2CCCO2)cc1. The Labute approximate surface area is 176 Å². The molecule has 8 heteroatoms. The summed E-state index contributed by atoms with van der Waals surface area (Å²) in [6, 6.07) is 13.4. The fraction of sp³-hybridized carbons (Fsp3) is 0.381. The molecule has 3 rings (SSSR count). The highest BCUT2D eigenvalue weighted by atomic mass is 35.5. The van der Waals surface area contributed by atoms with Gasteiger partial charge in [-0.3, -0.25) is 4.79 Å². The molecule has 0 bridgehead atoms. The topological polar surface area (TPSA) is 75.7 Å². The van der Waals surface area contributed by atoms with Crippen LogP contribution >= 0.6 is 11.6 Å². The molecule has 2 aromatic carbocycles. The number of carbonyl (C=O) groups is 1. The van der Waals surface area contributed by atoms with Gasteiger partial charge in [0.15, 0.2) is 0 Å². The van der Waals surface area contributed by atoms with E-state index in [9.17, 15) is 13.2 Å². The van der Waals surface area contributed by atoms with Crippen molar-refractivity contribution in [1.82, 2.24) is 9.62 Å². The quantitative estimate of drug-likeness (QED) is 0.687. The lowest BCUT2D eigenvalue weighted by Crippen LogP contribution is -2.32. The van der Waals surface area contributed by atoms with Crippen LogP contribution in [0.2, 0.25) is 5.02 Å². The maximum Gasteiger partial charge on any atom is 0.254 e. The highest BCUT2D eigenvalue weighted by molar-refractivity contribution is 7.89. The molecule has 2 aromatic rings. The summed E-state index contributed by atoms with van der Waals surface area (Å²) in [5.74, 6) is -0.163. The number of hydrogen-bond donors (Lipinski definition) is 1. The van der Waals surface area contributed by atoms with Gasteiger partial charge in [-0.25, -0.2) is 13.1 Å². The molecule has 0 spiro atoms. The Kier molecular flexibility index (Phi) is 7.29. The van der Waals surface area contributed by atoms with Crippen molar-refractivity contribution in [2.45, 2.75) is 37.3 Å². The van der Waals surface area contributed by atoms with E-state index >= 15 is 0 Å². The first-order chi connectivity index (χ1) is 13.9. The van der Waals surface area contributed by atoms with Crippen LogP contribution in [-0.2, 0) is 21.3 Å². The fourth-order valence-corrected chi connectivity index (χ4v) is 4.51. The van der Waals surface area contributed by atoms with E-state index in [1.807, 2.05) is 25.1 Å². The van der Waals surface area contributed by atoms with E-state index in [1.165, 1.54) is 12.1 Å². The third-order valence-electron chi connectivity index (χ3n) is 4.87. The van der Waals surface area contributed by atoms with Crippen LogP contribution in [-0.4, -0.2) is 45.0 Å². The maximum absolute atomic E-state index is 12.8. The Morgan fingerprint density at radius 1 is 1.24 bits per heavy atom. The molecular formula is C21H25ClN2O4S. The van der Waals surface area contributed by atoms with Crippen molar-refractivity contribution in [2.24, 2.45) is 0 Å². The predicted octanol–water partition coefficient (Wildman–Crippen LogP) is 3.46. The Bertz CT molecular complexity index is 941. The number of carbonyl (C=O) groups excluding carboxylic acids is 1. The second kappa shape index (κ2) is 9.71. The molecule has 0 saturated carbocycles. The minimum Gasteiger partial charge on any atom is -0.377 e. The molecule has 1 amide bonds. The molecule has 1 aliphatic rings. The van der Waals surface area contributed by atoms with Crippen molar-refractivity contribution >= 4 is 27.5 Å². The van der Waals surface area contributed by atoms with Gasteiger partial charge < -0.3 is 9.64 Å². The molecule has 156 valence electrons. The van der Waals surface area contributed by atoms with Crippen LogP contribution in [0.3, 0.4) is 0 Å². The van der Waals surface area contributed by atoms with Gasteiger partial charge in [0.05, 0.1) is 11.0 Å². The molecule has 1 fully saturated rings. The minimum atomic E-state index is -3.64. The van der Waals surface area contributed by atoms with E-state index in [4.69, 9.17) is 16.3 Å². The van der Waals surface area contributed by atoms with E-state index in [0.29, 0.717) is 30.3 Å². The van der Waals surface area contributed by atoms with Crippen molar-refractivity contribution in [1.29, 1.82) is 0 Å². The van der Waals surface area contributed by atoms with E-state index in [0.717, 1.165) is 18.4 Å². The Balaban J connectivity index is 1.66. The third-order valence-corrected chi connectivity index (χ3v) is 6.54. The average Bonchev–Trinajstić information content (AvgIpc) is 3.24. The highest BCUT2D eigenvalue weighted by Gasteiger charge is 2.21. The first-order valence-corrected chi connectivity index (χ1v) is 11.5. The molecule has 1 atom stereocenters. The number of ether oxygens (including phenoxy) is 1. The number of hydrogen-bond acceptors (Lipinski definition) is 4. The van der Waals surface area contributed by atoms with Crippen LogP contribution in [0.1, 0.15) is 35.7 Å². The lowest BCUT2D eigenvalue weighted by molar-refractivity contribution is 0.0752. The van der Waals surface area contributed by atoms with E-state index < -0.39 is 10.0 Å². The monoisotopic (exact) mass is 436 g/mol. The van der Waals surface area contributed by atoms with Gasteiger partial charge in [0.2, 0.25) is 10.0 Å². The summed E-state index contributed by atoms with van der Waals surface area (Å²) in [6.45, 7) is 3.78. The van der Waals surface area contributed by atoms with Gasteiger partial charge in [0.1, 0.15) is 0 Å². The number of sulfonamides is 1. The lowest BCUT2D eigenvalue weighted by atomic mass is 10.1. The summed E-state index contributed by atoms with van der Waals surface area (Å²) < 4.78 is 32.9. The van der Waals surface area contributed by atoms with Crippen molar-refractivity contribution in [3.05, 3.63) is 64.7 Å². The molecule has 1 N–H and O–H groups in total. The maximum atomic E-state index is 12.8. The van der Waals surface area contributed by atoms with E-state index in [-0.39, 0.29) is 23.5 Å². The van der Waals surface area contributed by atoms with Crippen LogP contribution in [0, 0.1) is 0 Å². The molecular weight excluding hydrogens is 412 g/mol. The summed E-state index contributed by atoms with van der Waals surface area (Å²) in [6.07, 6.45) is 1.73. The lowest BCUT2D eigenvalue weighted by Gasteiger charge is -2.21. The zero-order chi connectivity index (χ0) is 20.9. The zero-order valence-corrected chi connectivity index (χ0v) is 17.9. The second-order valence-electron chi connectivity index (χ2n) is 6.96. The van der Waals surface area contributed by atoms with Crippen LogP contribution in [0.4, 0.5) is 0 Å². The summed E-state index contributed by atoms with van der Waals surface area (Å²) in [4.78, 5) is 14.7. The molecule has 1 unspecified atom stereocenters. The standard InChI is InChI=1S/C21H25ClN2O4S/c1-2-24(15-16-5-3-6-18(22)13-16)21(25)17-8-10-20(11-9-17)29(26,27)23-14-19-7-4-12-28-19/h3,5-6,8-11,13,19,23H,2,4,7,12,14-15H2,1H3. The van der Waals surface area contributed by atoms with Gasteiger partial charge in [-0.2, -0.15) is 0 Å². The fourth-order valence-electron chi connectivity index (χ4n) is 3.23. The second-order valence-corrected chi connectivity index (χ2v) is 9.16. The minimum absolute atomic E-state index is 0.0739. The zero-order valence-electron chi connectivity index (χ0n) is 16.3. The van der Waals surface area contributed by atoms with Crippen molar-refractivity contribution in [3.63, 3.8) is 0 Å². The Morgan fingerprint density at radius 2 is 2.00 bits per heavy atom. The molecule has 0 radical (unpaired) electrons. The number of halogens is 1. The number of rotatable bonds is 8. The van der Waals surface area contributed by atoms with Gasteiger partial charge in [-0.15, -0.1) is 0 Å². The predicted molar refractivity (Wildman–Crippen MR) is 112 cm³/mol. The summed E-state index contributed by atoms with van der Waals surface area (Å²) in [5, 5.41) is 0.621. The molecule has 1 aliphatic heterocycles. The van der Waals surface area contributed by atoms with Gasteiger partial charge in [0, 0.05) is 36.8 Å². The number of benzene rings is 2. The first kappa shape index (κ1) is 21.8. The number of nitrogens with one attached hydrogen (secondary N) is 1. The van der Waals surface area contributed by atoms with E-state index in [2.05, 4.69) is 4.72 Å². The van der Waals surface area contributed by atoms with E-state index in [1.54, 1.807) is 23.1 Å². The Morgan fingerprint density at radius 3 is 2.62 bits per heavy atom. The molecule has 29 heavy (non-hydrogen) atoms. The normalized spacial score (nSPS) is 16.7. The van der Waals surface area contributed by atoms with Crippen LogP contribution < -0.4 is 4.72 Å². The van der Waals surface area contributed by atoms with Gasteiger partial charge >= 0.3 is 0 Å². The summed E-state index contributed by atoms with van der Waals surface area (Å²) in [7, 11) is -3.64. The van der Waals surface area contributed by atoms with Crippen LogP contribution in [0.15, 0.2) is 53.4 Å². The number of nitrogens with zero attached hydrogens (tertiary/aromatic N) is 1. The van der Waals surface area contributed by atoms with Crippen molar-refractivity contribution < 1.29 is 17.9 Å². The molecule has 1 heterocycles. The van der Waals surface area contributed by atoms with Gasteiger partial charge in [-0.05, 0) is 61.7 Å². The highest BCUT2D eigenvalue weighted by Crippen LogP contribution is 2.17. The smallest absolute Gasteiger partial charge is 0.254 e. The molecule has 0 aliphatic carbocycles. The summed E-state index contributed by atoms with van der Waals surface area (Å²) >= 11 is 6.02. The van der Waals surface area contributed by atoms with Crippen LogP contribution in [0.25, 0.3) is 0 Å². The average molecular weight is 437 g/mol. The molecule has 1 saturated heterocycles. The molecule has 0 aromatic heterocycles. The molecule has 6 nitrogen and oxygen atoms in total. The Hall–Kier alpha value is -1.93. The van der Waals surface area contributed by atoms with Crippen LogP contribution in [0.5, 0.6) is 0 Å². The van der Waals surface area contributed by atoms with Gasteiger partial charge in [0.25, 0.3) is 5.91 Å². The third kappa shape index (κ3) is 5.79. The van der Waals surface area contributed by atoms with Gasteiger partial charge in [-0.1, -0.05) is 23.7 Å².